The number of pyridine rings is 1. The van der Waals surface area contributed by atoms with E-state index < -0.39 is 0 Å². The maximum atomic E-state index is 12.3. The number of nitrogens with one attached hydrogen (secondary N) is 2. The number of benzene rings is 2. The van der Waals surface area contributed by atoms with Crippen LogP contribution in [0, 0.1) is 6.92 Å². The van der Waals surface area contributed by atoms with Crippen molar-refractivity contribution in [1.82, 2.24) is 4.98 Å². The van der Waals surface area contributed by atoms with Crippen molar-refractivity contribution in [2.24, 2.45) is 0 Å². The topological polar surface area (TPSA) is 54.0 Å². The van der Waals surface area contributed by atoms with Crippen LogP contribution in [0.2, 0.25) is 0 Å². The molecule has 0 saturated heterocycles. The summed E-state index contributed by atoms with van der Waals surface area (Å²) in [4.78, 5) is 16.5. The van der Waals surface area contributed by atoms with Gasteiger partial charge in [-0.2, -0.15) is 0 Å². The SMILES string of the molecule is CCc1ccccc1Nc1ccc(C(=O)Nc2ccc(C)cc2)nc1. The van der Waals surface area contributed by atoms with E-state index >= 15 is 0 Å². The molecule has 0 fully saturated rings. The molecule has 25 heavy (non-hydrogen) atoms. The van der Waals surface area contributed by atoms with Gasteiger partial charge in [0, 0.05) is 11.4 Å². The molecular formula is C21H21N3O. The zero-order valence-corrected chi connectivity index (χ0v) is 14.4. The first kappa shape index (κ1) is 16.7. The molecule has 3 rings (SSSR count). The molecule has 0 aliphatic heterocycles. The quantitative estimate of drug-likeness (QED) is 0.695. The lowest BCUT2D eigenvalue weighted by Gasteiger charge is -2.11. The van der Waals surface area contributed by atoms with E-state index in [1.165, 1.54) is 5.56 Å². The minimum Gasteiger partial charge on any atom is -0.354 e. The summed E-state index contributed by atoms with van der Waals surface area (Å²) in [5, 5.41) is 6.20. The Morgan fingerprint density at radius 3 is 2.36 bits per heavy atom. The molecule has 4 heteroatoms. The lowest BCUT2D eigenvalue weighted by Crippen LogP contribution is -2.13. The molecule has 3 aromatic rings. The van der Waals surface area contributed by atoms with Crippen molar-refractivity contribution in [3.8, 4) is 0 Å². The van der Waals surface area contributed by atoms with Gasteiger partial charge in [-0.1, -0.05) is 42.8 Å². The van der Waals surface area contributed by atoms with Gasteiger partial charge in [-0.05, 0) is 49.2 Å². The van der Waals surface area contributed by atoms with Crippen LogP contribution in [0.5, 0.6) is 0 Å². The van der Waals surface area contributed by atoms with Crippen LogP contribution in [0.1, 0.15) is 28.5 Å². The predicted molar refractivity (Wildman–Crippen MR) is 102 cm³/mol. The van der Waals surface area contributed by atoms with Gasteiger partial charge in [0.15, 0.2) is 0 Å². The van der Waals surface area contributed by atoms with Crippen molar-refractivity contribution in [1.29, 1.82) is 0 Å². The molecule has 0 spiro atoms. The average molecular weight is 331 g/mol. The molecule has 2 N–H and O–H groups in total. The van der Waals surface area contributed by atoms with Crippen molar-refractivity contribution in [2.45, 2.75) is 20.3 Å². The predicted octanol–water partition coefficient (Wildman–Crippen LogP) is 4.95. The number of anilines is 3. The summed E-state index contributed by atoms with van der Waals surface area (Å²) < 4.78 is 0. The highest BCUT2D eigenvalue weighted by molar-refractivity contribution is 6.02. The summed E-state index contributed by atoms with van der Waals surface area (Å²) in [6.45, 7) is 4.13. The second-order valence-electron chi connectivity index (χ2n) is 5.89. The second-order valence-corrected chi connectivity index (χ2v) is 5.89. The number of amides is 1. The normalized spacial score (nSPS) is 10.3. The summed E-state index contributed by atoms with van der Waals surface area (Å²) in [5.41, 5.74) is 5.45. The van der Waals surface area contributed by atoms with Crippen molar-refractivity contribution in [2.75, 3.05) is 10.6 Å². The van der Waals surface area contributed by atoms with E-state index in [1.807, 2.05) is 55.5 Å². The zero-order valence-electron chi connectivity index (χ0n) is 14.4. The first-order valence-corrected chi connectivity index (χ1v) is 8.34. The Bertz CT molecular complexity index is 855. The minimum absolute atomic E-state index is 0.218. The average Bonchev–Trinajstić information content (AvgIpc) is 2.64. The summed E-state index contributed by atoms with van der Waals surface area (Å²) in [6, 6.07) is 19.4. The first-order chi connectivity index (χ1) is 12.2. The Kier molecular flexibility index (Phi) is 5.09. The fraction of sp³-hybridized carbons (Fsp3) is 0.143. The van der Waals surface area contributed by atoms with E-state index in [1.54, 1.807) is 12.3 Å². The number of nitrogens with zero attached hydrogens (tertiary/aromatic N) is 1. The maximum absolute atomic E-state index is 12.3. The molecule has 1 heterocycles. The molecule has 126 valence electrons. The van der Waals surface area contributed by atoms with Crippen LogP contribution >= 0.6 is 0 Å². The van der Waals surface area contributed by atoms with Crippen LogP contribution in [0.3, 0.4) is 0 Å². The van der Waals surface area contributed by atoms with E-state index in [2.05, 4.69) is 28.6 Å². The first-order valence-electron chi connectivity index (χ1n) is 8.34. The Labute approximate surface area is 147 Å². The third kappa shape index (κ3) is 4.23. The molecule has 0 bridgehead atoms. The van der Waals surface area contributed by atoms with Crippen molar-refractivity contribution >= 4 is 23.0 Å². The third-order valence-electron chi connectivity index (χ3n) is 3.98. The largest absolute Gasteiger partial charge is 0.354 e. The summed E-state index contributed by atoms with van der Waals surface area (Å²) in [6.07, 6.45) is 2.63. The van der Waals surface area contributed by atoms with Gasteiger partial charge >= 0.3 is 0 Å². The van der Waals surface area contributed by atoms with Gasteiger partial charge < -0.3 is 10.6 Å². The standard InChI is InChI=1S/C21H21N3O/c1-3-16-6-4-5-7-19(16)23-18-12-13-20(22-14-18)21(25)24-17-10-8-15(2)9-11-17/h4-14,23H,3H2,1-2H3,(H,24,25). The Morgan fingerprint density at radius 2 is 1.68 bits per heavy atom. The lowest BCUT2D eigenvalue weighted by molar-refractivity contribution is 0.102. The molecule has 0 aliphatic carbocycles. The molecule has 1 aromatic heterocycles. The van der Waals surface area contributed by atoms with Gasteiger partial charge in [0.1, 0.15) is 5.69 Å². The van der Waals surface area contributed by atoms with E-state index in [9.17, 15) is 4.79 Å². The number of rotatable bonds is 5. The summed E-state index contributed by atoms with van der Waals surface area (Å²) in [5.74, 6) is -0.218. The lowest BCUT2D eigenvalue weighted by atomic mass is 10.1. The number of para-hydroxylation sites is 1. The molecule has 2 aromatic carbocycles. The second kappa shape index (κ2) is 7.62. The third-order valence-corrected chi connectivity index (χ3v) is 3.98. The van der Waals surface area contributed by atoms with Gasteiger partial charge in [0.25, 0.3) is 5.91 Å². The number of hydrogen-bond donors (Lipinski definition) is 2. The monoisotopic (exact) mass is 331 g/mol. The van der Waals surface area contributed by atoms with E-state index in [0.29, 0.717) is 5.69 Å². The fourth-order valence-electron chi connectivity index (χ4n) is 2.54. The molecule has 0 saturated carbocycles. The molecule has 0 aliphatic rings. The number of hydrogen-bond acceptors (Lipinski definition) is 3. The van der Waals surface area contributed by atoms with Crippen molar-refractivity contribution in [3.63, 3.8) is 0 Å². The Morgan fingerprint density at radius 1 is 0.960 bits per heavy atom. The van der Waals surface area contributed by atoms with E-state index in [0.717, 1.165) is 29.0 Å². The molecule has 1 amide bonds. The van der Waals surface area contributed by atoms with Gasteiger partial charge in [-0.3, -0.25) is 4.79 Å². The van der Waals surface area contributed by atoms with Crippen LogP contribution in [-0.2, 0) is 6.42 Å². The van der Waals surface area contributed by atoms with Crippen LogP contribution in [0.15, 0.2) is 66.9 Å². The summed E-state index contributed by atoms with van der Waals surface area (Å²) >= 11 is 0. The van der Waals surface area contributed by atoms with E-state index in [-0.39, 0.29) is 5.91 Å². The van der Waals surface area contributed by atoms with Gasteiger partial charge in [0.2, 0.25) is 0 Å². The molecule has 0 atom stereocenters. The number of aromatic nitrogens is 1. The minimum atomic E-state index is -0.218. The van der Waals surface area contributed by atoms with Gasteiger partial charge in [-0.25, -0.2) is 4.98 Å². The van der Waals surface area contributed by atoms with Crippen LogP contribution in [-0.4, -0.2) is 10.9 Å². The molecular weight excluding hydrogens is 310 g/mol. The van der Waals surface area contributed by atoms with Crippen LogP contribution < -0.4 is 10.6 Å². The summed E-state index contributed by atoms with van der Waals surface area (Å²) in [7, 11) is 0. The number of carbonyl (C=O) groups excluding carboxylic acids is 1. The molecule has 4 nitrogen and oxygen atoms in total. The number of carbonyl (C=O) groups is 1. The maximum Gasteiger partial charge on any atom is 0.274 e. The Hall–Kier alpha value is -3.14. The van der Waals surface area contributed by atoms with Crippen molar-refractivity contribution < 1.29 is 4.79 Å². The highest BCUT2D eigenvalue weighted by atomic mass is 16.1. The van der Waals surface area contributed by atoms with E-state index in [4.69, 9.17) is 0 Å². The fourth-order valence-corrected chi connectivity index (χ4v) is 2.54. The molecule has 0 radical (unpaired) electrons. The molecule has 0 unspecified atom stereocenters. The van der Waals surface area contributed by atoms with Crippen LogP contribution in [0.4, 0.5) is 17.1 Å². The zero-order chi connectivity index (χ0) is 17.6. The van der Waals surface area contributed by atoms with Gasteiger partial charge in [0.05, 0.1) is 11.9 Å². The number of aryl methyl sites for hydroxylation is 2. The highest BCUT2D eigenvalue weighted by Crippen LogP contribution is 2.21. The van der Waals surface area contributed by atoms with Crippen molar-refractivity contribution in [3.05, 3.63) is 83.7 Å². The van der Waals surface area contributed by atoms with Gasteiger partial charge in [-0.15, -0.1) is 0 Å². The Balaban J connectivity index is 1.69. The highest BCUT2D eigenvalue weighted by Gasteiger charge is 2.08. The smallest absolute Gasteiger partial charge is 0.274 e. The van der Waals surface area contributed by atoms with Crippen LogP contribution in [0.25, 0.3) is 0 Å².